The number of carbonyl (C=O) groups is 2. The first-order valence-electron chi connectivity index (χ1n) is 10.1. The van der Waals surface area contributed by atoms with Crippen LogP contribution in [0.1, 0.15) is 31.2 Å². The van der Waals surface area contributed by atoms with Gasteiger partial charge in [0.25, 0.3) is 0 Å². The van der Waals surface area contributed by atoms with E-state index in [1.165, 1.54) is 4.31 Å². The molecule has 8 heteroatoms. The number of likely N-dealkylation sites (tertiary alicyclic amines) is 1. The predicted molar refractivity (Wildman–Crippen MR) is 106 cm³/mol. The number of nitrogens with one attached hydrogen (secondary N) is 1. The summed E-state index contributed by atoms with van der Waals surface area (Å²) in [6.07, 6.45) is 4.20. The van der Waals surface area contributed by atoms with Crippen molar-refractivity contribution in [1.29, 1.82) is 0 Å². The maximum absolute atomic E-state index is 12.7. The summed E-state index contributed by atoms with van der Waals surface area (Å²) in [5, 5.41) is 2.78. The highest BCUT2D eigenvalue weighted by molar-refractivity contribution is 7.92. The molecule has 1 saturated heterocycles. The average molecular weight is 406 g/mol. The van der Waals surface area contributed by atoms with Crippen LogP contribution in [0.25, 0.3) is 0 Å². The molecular formula is C20H27N3O4S. The van der Waals surface area contributed by atoms with Crippen molar-refractivity contribution >= 4 is 27.5 Å². The second-order valence-electron chi connectivity index (χ2n) is 7.96. The van der Waals surface area contributed by atoms with Crippen molar-refractivity contribution in [3.63, 3.8) is 0 Å². The Hall–Kier alpha value is -2.09. The maximum atomic E-state index is 12.7. The van der Waals surface area contributed by atoms with Crippen LogP contribution in [0.15, 0.2) is 24.3 Å². The molecule has 4 rings (SSSR count). The molecular weight excluding hydrogens is 378 g/mol. The molecule has 1 saturated carbocycles. The molecule has 3 aliphatic rings. The smallest absolute Gasteiger partial charge is 0.236 e. The Morgan fingerprint density at radius 2 is 1.86 bits per heavy atom. The molecule has 1 aromatic rings. The van der Waals surface area contributed by atoms with Gasteiger partial charge in [0, 0.05) is 32.1 Å². The SMILES string of the molecule is O=C(NCCS(=O)(=O)N1CCc2ccccc21)C1CCCN(C(=O)C2CC2)C1. The Morgan fingerprint density at radius 1 is 1.07 bits per heavy atom. The molecule has 1 N–H and O–H groups in total. The van der Waals surface area contributed by atoms with Crippen LogP contribution in [-0.4, -0.2) is 57.1 Å². The molecule has 152 valence electrons. The zero-order valence-corrected chi connectivity index (χ0v) is 16.8. The van der Waals surface area contributed by atoms with E-state index in [4.69, 9.17) is 0 Å². The fourth-order valence-corrected chi connectivity index (χ4v) is 5.56. The van der Waals surface area contributed by atoms with Crippen molar-refractivity contribution in [3.05, 3.63) is 29.8 Å². The minimum absolute atomic E-state index is 0.0902. The first-order chi connectivity index (χ1) is 13.5. The first kappa shape index (κ1) is 19.2. The number of anilines is 1. The number of carbonyl (C=O) groups excluding carboxylic acids is 2. The van der Waals surface area contributed by atoms with Crippen LogP contribution in [0.5, 0.6) is 0 Å². The van der Waals surface area contributed by atoms with Crippen molar-refractivity contribution in [2.45, 2.75) is 32.1 Å². The Kier molecular flexibility index (Phi) is 5.31. The van der Waals surface area contributed by atoms with Gasteiger partial charge in [-0.3, -0.25) is 13.9 Å². The van der Waals surface area contributed by atoms with Gasteiger partial charge in [0.15, 0.2) is 0 Å². The van der Waals surface area contributed by atoms with Crippen molar-refractivity contribution in [3.8, 4) is 0 Å². The van der Waals surface area contributed by atoms with Crippen LogP contribution in [0, 0.1) is 11.8 Å². The van der Waals surface area contributed by atoms with E-state index in [1.807, 2.05) is 29.2 Å². The molecule has 0 bridgehead atoms. The molecule has 0 radical (unpaired) electrons. The zero-order chi connectivity index (χ0) is 19.7. The number of rotatable bonds is 6. The lowest BCUT2D eigenvalue weighted by atomic mass is 9.97. The standard InChI is InChI=1S/C20H27N3O4S/c24-19(17-5-3-11-22(14-17)20(25)16-7-8-16)21-10-13-28(26,27)23-12-9-15-4-1-2-6-18(15)23/h1-2,4,6,16-17H,3,5,7-14H2,(H,21,24). The summed E-state index contributed by atoms with van der Waals surface area (Å²) in [4.78, 5) is 26.5. The number of amides is 2. The summed E-state index contributed by atoms with van der Waals surface area (Å²) in [7, 11) is -3.47. The predicted octanol–water partition coefficient (Wildman–Crippen LogP) is 1.14. The summed E-state index contributed by atoms with van der Waals surface area (Å²) in [5.41, 5.74) is 1.79. The highest BCUT2D eigenvalue weighted by Gasteiger charge is 2.37. The second-order valence-corrected chi connectivity index (χ2v) is 9.97. The third kappa shape index (κ3) is 4.01. The number of hydrogen-bond donors (Lipinski definition) is 1. The Morgan fingerprint density at radius 3 is 2.64 bits per heavy atom. The normalized spacial score (nSPS) is 22.1. The van der Waals surface area contributed by atoms with Gasteiger partial charge >= 0.3 is 0 Å². The minimum atomic E-state index is -3.47. The van der Waals surface area contributed by atoms with Crippen molar-refractivity contribution in [2.24, 2.45) is 11.8 Å². The number of fused-ring (bicyclic) bond motifs is 1. The number of hydrogen-bond acceptors (Lipinski definition) is 4. The van der Waals surface area contributed by atoms with Gasteiger partial charge in [0.2, 0.25) is 21.8 Å². The molecule has 1 aliphatic carbocycles. The molecule has 0 spiro atoms. The van der Waals surface area contributed by atoms with E-state index < -0.39 is 10.0 Å². The number of benzene rings is 1. The monoisotopic (exact) mass is 405 g/mol. The van der Waals surface area contributed by atoms with Crippen LogP contribution in [0.4, 0.5) is 5.69 Å². The summed E-state index contributed by atoms with van der Waals surface area (Å²) < 4.78 is 26.8. The first-order valence-corrected chi connectivity index (χ1v) is 11.7. The molecule has 2 heterocycles. The zero-order valence-electron chi connectivity index (χ0n) is 16.0. The molecule has 7 nitrogen and oxygen atoms in total. The van der Waals surface area contributed by atoms with Crippen LogP contribution >= 0.6 is 0 Å². The number of nitrogens with zero attached hydrogens (tertiary/aromatic N) is 2. The van der Waals surface area contributed by atoms with Crippen molar-refractivity contribution < 1.29 is 18.0 Å². The van der Waals surface area contributed by atoms with Gasteiger partial charge in [0.05, 0.1) is 17.4 Å². The van der Waals surface area contributed by atoms with E-state index in [1.54, 1.807) is 0 Å². The number of sulfonamides is 1. The van der Waals surface area contributed by atoms with E-state index in [-0.39, 0.29) is 35.9 Å². The van der Waals surface area contributed by atoms with E-state index in [0.29, 0.717) is 19.5 Å². The Balaban J connectivity index is 1.28. The topological polar surface area (TPSA) is 86.8 Å². The second kappa shape index (κ2) is 7.73. The van der Waals surface area contributed by atoms with Crippen molar-refractivity contribution in [2.75, 3.05) is 36.2 Å². The largest absolute Gasteiger partial charge is 0.355 e. The molecule has 28 heavy (non-hydrogen) atoms. The highest BCUT2D eigenvalue weighted by atomic mass is 32.2. The van der Waals surface area contributed by atoms with Gasteiger partial charge in [-0.15, -0.1) is 0 Å². The number of piperidine rings is 1. The lowest BCUT2D eigenvalue weighted by molar-refractivity contribution is -0.136. The van der Waals surface area contributed by atoms with Crippen LogP contribution in [0.2, 0.25) is 0 Å². The minimum Gasteiger partial charge on any atom is -0.355 e. The molecule has 2 amide bonds. The lowest BCUT2D eigenvalue weighted by Crippen LogP contribution is -2.47. The lowest BCUT2D eigenvalue weighted by Gasteiger charge is -2.32. The number of para-hydroxylation sites is 1. The fourth-order valence-electron chi connectivity index (χ4n) is 4.13. The van der Waals surface area contributed by atoms with E-state index in [9.17, 15) is 18.0 Å². The molecule has 1 aromatic carbocycles. The van der Waals surface area contributed by atoms with Gasteiger partial charge in [-0.25, -0.2) is 8.42 Å². The molecule has 1 atom stereocenters. The molecule has 2 fully saturated rings. The molecule has 2 aliphatic heterocycles. The van der Waals surface area contributed by atoms with E-state index in [0.717, 1.165) is 43.5 Å². The van der Waals surface area contributed by atoms with E-state index >= 15 is 0 Å². The maximum Gasteiger partial charge on any atom is 0.236 e. The highest BCUT2D eigenvalue weighted by Crippen LogP contribution is 2.32. The summed E-state index contributed by atoms with van der Waals surface area (Å²) in [6.45, 7) is 1.72. The van der Waals surface area contributed by atoms with Crippen LogP contribution in [0.3, 0.4) is 0 Å². The molecule has 0 aromatic heterocycles. The summed E-state index contributed by atoms with van der Waals surface area (Å²) >= 11 is 0. The van der Waals surface area contributed by atoms with Crippen LogP contribution in [-0.2, 0) is 26.0 Å². The Labute approximate surface area is 166 Å². The van der Waals surface area contributed by atoms with E-state index in [2.05, 4.69) is 5.32 Å². The van der Waals surface area contributed by atoms with Crippen LogP contribution < -0.4 is 9.62 Å². The van der Waals surface area contributed by atoms with Gasteiger partial charge in [-0.1, -0.05) is 18.2 Å². The third-order valence-corrected chi connectivity index (χ3v) is 7.64. The summed E-state index contributed by atoms with van der Waals surface area (Å²) in [6, 6.07) is 7.53. The van der Waals surface area contributed by atoms with Gasteiger partial charge in [0.1, 0.15) is 0 Å². The quantitative estimate of drug-likeness (QED) is 0.769. The average Bonchev–Trinajstić information content (AvgIpc) is 3.45. The Bertz CT molecular complexity index is 866. The van der Waals surface area contributed by atoms with Gasteiger partial charge < -0.3 is 10.2 Å². The third-order valence-electron chi connectivity index (χ3n) is 5.87. The van der Waals surface area contributed by atoms with Crippen molar-refractivity contribution in [1.82, 2.24) is 10.2 Å². The van der Waals surface area contributed by atoms with Gasteiger partial charge in [-0.2, -0.15) is 0 Å². The van der Waals surface area contributed by atoms with Gasteiger partial charge in [-0.05, 0) is 43.7 Å². The summed E-state index contributed by atoms with van der Waals surface area (Å²) in [5.74, 6) is -0.176. The fraction of sp³-hybridized carbons (Fsp3) is 0.600. The molecule has 1 unspecified atom stereocenters.